The lowest BCUT2D eigenvalue weighted by Gasteiger charge is -2.32. The monoisotopic (exact) mass is 552 g/mol. The Morgan fingerprint density at radius 2 is 1.71 bits per heavy atom. The van der Waals surface area contributed by atoms with Crippen molar-refractivity contribution >= 4 is 35.2 Å². The number of benzene rings is 3. The first-order chi connectivity index (χ1) is 18.4. The van der Waals surface area contributed by atoms with Crippen LogP contribution in [0, 0.1) is 12.7 Å². The first kappa shape index (κ1) is 28.2. The number of thioether (sulfide) groups is 1. The van der Waals surface area contributed by atoms with Gasteiger partial charge in [-0.1, -0.05) is 90.7 Å². The van der Waals surface area contributed by atoms with E-state index in [9.17, 15) is 14.0 Å². The van der Waals surface area contributed by atoms with Crippen LogP contribution in [0.5, 0.6) is 0 Å². The van der Waals surface area contributed by atoms with Crippen LogP contribution in [0.1, 0.15) is 47.9 Å². The van der Waals surface area contributed by atoms with Crippen molar-refractivity contribution in [1.29, 1.82) is 0 Å². The molecule has 4 nitrogen and oxygen atoms in total. The van der Waals surface area contributed by atoms with Crippen LogP contribution in [0.15, 0.2) is 72.8 Å². The molecule has 1 atom stereocenters. The molecular formula is C31H34ClFN2O2S. The lowest BCUT2D eigenvalue weighted by atomic mass is 10.0. The number of nitrogens with one attached hydrogen (secondary N) is 1. The third-order valence-corrected chi connectivity index (χ3v) is 8.28. The summed E-state index contributed by atoms with van der Waals surface area (Å²) in [5.41, 5.74) is 3.46. The zero-order valence-electron chi connectivity index (χ0n) is 21.7. The standard InChI is InChI=1S/C31H34ClFN2O2S/c1-22-14-16-24(17-15-22)19-35(30(36)21-38-20-26-27(32)12-7-13-28(26)33)29(18-23-8-3-2-4-9-23)31(37)34-25-10-5-6-11-25/h2-4,7-9,12-17,25,29H,5-6,10-11,18-21H2,1H3,(H,34,37)/t29-/m0/s1. The average Bonchev–Trinajstić information content (AvgIpc) is 3.42. The van der Waals surface area contributed by atoms with Gasteiger partial charge < -0.3 is 10.2 Å². The van der Waals surface area contributed by atoms with Gasteiger partial charge in [0.1, 0.15) is 11.9 Å². The van der Waals surface area contributed by atoms with E-state index in [1.54, 1.807) is 17.0 Å². The van der Waals surface area contributed by atoms with E-state index in [-0.39, 0.29) is 35.2 Å². The van der Waals surface area contributed by atoms with Crippen molar-refractivity contribution in [1.82, 2.24) is 10.2 Å². The van der Waals surface area contributed by atoms with Gasteiger partial charge in [-0.05, 0) is 43.0 Å². The van der Waals surface area contributed by atoms with Gasteiger partial charge in [0.2, 0.25) is 11.8 Å². The zero-order valence-corrected chi connectivity index (χ0v) is 23.2. The average molecular weight is 553 g/mol. The maximum Gasteiger partial charge on any atom is 0.243 e. The van der Waals surface area contributed by atoms with E-state index in [4.69, 9.17) is 11.6 Å². The molecule has 0 saturated heterocycles. The summed E-state index contributed by atoms with van der Waals surface area (Å²) in [6, 6.07) is 21.9. The fraction of sp³-hybridized carbons (Fsp3) is 0.355. The summed E-state index contributed by atoms with van der Waals surface area (Å²) in [4.78, 5) is 29.1. The number of hydrogen-bond acceptors (Lipinski definition) is 3. The molecular weight excluding hydrogens is 519 g/mol. The summed E-state index contributed by atoms with van der Waals surface area (Å²) in [5.74, 6) is -0.285. The van der Waals surface area contributed by atoms with Crippen LogP contribution >= 0.6 is 23.4 Å². The highest BCUT2D eigenvalue weighted by atomic mass is 35.5. The van der Waals surface area contributed by atoms with E-state index < -0.39 is 6.04 Å². The van der Waals surface area contributed by atoms with Gasteiger partial charge in [0.25, 0.3) is 0 Å². The van der Waals surface area contributed by atoms with Gasteiger partial charge in [0.05, 0.1) is 5.75 Å². The molecule has 0 radical (unpaired) electrons. The Morgan fingerprint density at radius 1 is 1.00 bits per heavy atom. The minimum absolute atomic E-state index is 0.110. The van der Waals surface area contributed by atoms with Crippen LogP contribution in [0.25, 0.3) is 0 Å². The molecule has 2 amide bonds. The minimum Gasteiger partial charge on any atom is -0.352 e. The normalized spacial score (nSPS) is 14.3. The van der Waals surface area contributed by atoms with Crippen LogP contribution in [-0.4, -0.2) is 34.6 Å². The van der Waals surface area contributed by atoms with Crippen molar-refractivity contribution in [2.75, 3.05) is 5.75 Å². The van der Waals surface area contributed by atoms with Crippen LogP contribution in [0.3, 0.4) is 0 Å². The Balaban J connectivity index is 1.57. The van der Waals surface area contributed by atoms with E-state index in [0.29, 0.717) is 23.6 Å². The molecule has 0 aliphatic heterocycles. The molecule has 1 fully saturated rings. The van der Waals surface area contributed by atoms with E-state index in [1.165, 1.54) is 17.8 Å². The minimum atomic E-state index is -0.663. The first-order valence-corrected chi connectivity index (χ1v) is 14.6. The van der Waals surface area contributed by atoms with Gasteiger partial charge in [0.15, 0.2) is 0 Å². The summed E-state index contributed by atoms with van der Waals surface area (Å²) in [7, 11) is 0. The van der Waals surface area contributed by atoms with Crippen LogP contribution < -0.4 is 5.32 Å². The van der Waals surface area contributed by atoms with E-state index in [2.05, 4.69) is 5.32 Å². The number of halogens is 2. The molecule has 3 aromatic carbocycles. The lowest BCUT2D eigenvalue weighted by molar-refractivity contribution is -0.139. The smallest absolute Gasteiger partial charge is 0.243 e. The second-order valence-electron chi connectivity index (χ2n) is 9.90. The number of carbonyl (C=O) groups excluding carboxylic acids is 2. The molecule has 38 heavy (non-hydrogen) atoms. The molecule has 200 valence electrons. The third-order valence-electron chi connectivity index (χ3n) is 6.98. The quantitative estimate of drug-likeness (QED) is 0.287. The zero-order chi connectivity index (χ0) is 26.9. The summed E-state index contributed by atoms with van der Waals surface area (Å²) >= 11 is 7.49. The Labute approximate surface area is 234 Å². The Morgan fingerprint density at radius 3 is 2.39 bits per heavy atom. The highest BCUT2D eigenvalue weighted by Gasteiger charge is 2.32. The fourth-order valence-corrected chi connectivity index (χ4v) is 6.05. The van der Waals surface area contributed by atoms with Gasteiger partial charge in [-0.2, -0.15) is 0 Å². The van der Waals surface area contributed by atoms with Crippen molar-refractivity contribution in [2.24, 2.45) is 0 Å². The fourth-order valence-electron chi connectivity index (χ4n) is 4.81. The summed E-state index contributed by atoms with van der Waals surface area (Å²) in [5, 5.41) is 3.57. The topological polar surface area (TPSA) is 49.4 Å². The molecule has 1 saturated carbocycles. The lowest BCUT2D eigenvalue weighted by Crippen LogP contribution is -2.52. The van der Waals surface area contributed by atoms with Crippen molar-refractivity contribution in [2.45, 2.75) is 63.4 Å². The molecule has 1 aliphatic rings. The van der Waals surface area contributed by atoms with Gasteiger partial charge in [-0.25, -0.2) is 4.39 Å². The van der Waals surface area contributed by atoms with Gasteiger partial charge in [0, 0.05) is 35.3 Å². The van der Waals surface area contributed by atoms with Gasteiger partial charge in [-0.3, -0.25) is 9.59 Å². The van der Waals surface area contributed by atoms with Crippen LogP contribution in [0.4, 0.5) is 4.39 Å². The number of aryl methyl sites for hydroxylation is 1. The predicted octanol–water partition coefficient (Wildman–Crippen LogP) is 6.72. The molecule has 0 spiro atoms. The Hall–Kier alpha value is -2.83. The Kier molecular flexibility index (Phi) is 10.2. The number of hydrogen-bond donors (Lipinski definition) is 1. The maximum absolute atomic E-state index is 14.3. The van der Waals surface area contributed by atoms with Gasteiger partial charge >= 0.3 is 0 Å². The molecule has 4 rings (SSSR count). The number of amides is 2. The van der Waals surface area contributed by atoms with Crippen molar-refractivity contribution in [3.8, 4) is 0 Å². The summed E-state index contributed by atoms with van der Waals surface area (Å²) < 4.78 is 14.3. The second-order valence-corrected chi connectivity index (χ2v) is 11.3. The highest BCUT2D eigenvalue weighted by molar-refractivity contribution is 7.99. The van der Waals surface area contributed by atoms with E-state index in [0.717, 1.165) is 42.4 Å². The van der Waals surface area contributed by atoms with Crippen molar-refractivity contribution in [3.63, 3.8) is 0 Å². The van der Waals surface area contributed by atoms with E-state index in [1.807, 2.05) is 61.5 Å². The third kappa shape index (κ3) is 7.84. The van der Waals surface area contributed by atoms with Crippen LogP contribution in [-0.2, 0) is 28.3 Å². The van der Waals surface area contributed by atoms with Crippen molar-refractivity contribution in [3.05, 3.63) is 106 Å². The first-order valence-electron chi connectivity index (χ1n) is 13.1. The number of nitrogens with zero attached hydrogens (tertiary/aromatic N) is 1. The molecule has 1 N–H and O–H groups in total. The highest BCUT2D eigenvalue weighted by Crippen LogP contribution is 2.25. The predicted molar refractivity (Wildman–Crippen MR) is 154 cm³/mol. The number of carbonyl (C=O) groups is 2. The van der Waals surface area contributed by atoms with Crippen molar-refractivity contribution < 1.29 is 14.0 Å². The molecule has 0 unspecified atom stereocenters. The molecule has 0 aromatic heterocycles. The molecule has 0 heterocycles. The second kappa shape index (κ2) is 13.8. The van der Waals surface area contributed by atoms with Gasteiger partial charge in [-0.15, -0.1) is 11.8 Å². The maximum atomic E-state index is 14.3. The summed E-state index contributed by atoms with van der Waals surface area (Å²) in [6.45, 7) is 2.33. The summed E-state index contributed by atoms with van der Waals surface area (Å²) in [6.07, 6.45) is 4.57. The number of rotatable bonds is 11. The molecule has 3 aromatic rings. The largest absolute Gasteiger partial charge is 0.352 e. The SMILES string of the molecule is Cc1ccc(CN(C(=O)CSCc2c(F)cccc2Cl)[C@@H](Cc2ccccc2)C(=O)NC2CCCC2)cc1. The van der Waals surface area contributed by atoms with E-state index >= 15 is 0 Å². The molecule has 1 aliphatic carbocycles. The van der Waals surface area contributed by atoms with Crippen LogP contribution in [0.2, 0.25) is 5.02 Å². The molecule has 7 heteroatoms. The molecule has 0 bridgehead atoms. The Bertz CT molecular complexity index is 1200.